The summed E-state index contributed by atoms with van der Waals surface area (Å²) in [5.74, 6) is -0.850. The van der Waals surface area contributed by atoms with E-state index in [1.165, 1.54) is 12.1 Å². The smallest absolute Gasteiger partial charge is 0.254 e. The zero-order valence-electron chi connectivity index (χ0n) is 11.5. The van der Waals surface area contributed by atoms with Gasteiger partial charge in [-0.25, -0.2) is 9.37 Å². The first-order valence-corrected chi connectivity index (χ1v) is 7.82. The SMILES string of the molecule is O=C(NCC1CCCN1c1nccs1)c1ccccc1F. The number of carbonyl (C=O) groups excluding carboxylic acids is 1. The molecule has 6 heteroatoms. The van der Waals surface area contributed by atoms with E-state index in [0.29, 0.717) is 6.54 Å². The van der Waals surface area contributed by atoms with Crippen LogP contribution in [0.5, 0.6) is 0 Å². The molecule has 1 fully saturated rings. The number of nitrogens with one attached hydrogen (secondary N) is 1. The largest absolute Gasteiger partial charge is 0.350 e. The van der Waals surface area contributed by atoms with Crippen LogP contribution in [-0.2, 0) is 0 Å². The molecular formula is C15H16FN3OS. The molecule has 0 aliphatic carbocycles. The Bertz CT molecular complexity index is 617. The molecule has 0 radical (unpaired) electrons. The molecule has 2 aromatic rings. The lowest BCUT2D eigenvalue weighted by Crippen LogP contribution is -2.40. The van der Waals surface area contributed by atoms with Gasteiger partial charge in [0.25, 0.3) is 5.91 Å². The predicted octanol–water partition coefficient (Wildman–Crippen LogP) is 2.68. The second-order valence-corrected chi connectivity index (χ2v) is 5.87. The summed E-state index contributed by atoms with van der Waals surface area (Å²) in [6.07, 6.45) is 3.88. The number of benzene rings is 1. The van der Waals surface area contributed by atoms with Crippen LogP contribution in [-0.4, -0.2) is 30.0 Å². The van der Waals surface area contributed by atoms with Crippen LogP contribution in [0.25, 0.3) is 0 Å². The summed E-state index contributed by atoms with van der Waals surface area (Å²) < 4.78 is 13.6. The normalized spacial score (nSPS) is 18.0. The maximum absolute atomic E-state index is 13.6. The monoisotopic (exact) mass is 305 g/mol. The molecule has 1 amide bonds. The molecule has 0 spiro atoms. The summed E-state index contributed by atoms with van der Waals surface area (Å²) in [4.78, 5) is 18.6. The standard InChI is InChI=1S/C15H16FN3OS/c16-13-6-2-1-5-12(13)14(20)18-10-11-4-3-8-19(11)15-17-7-9-21-15/h1-2,5-7,9,11H,3-4,8,10H2,(H,18,20). The van der Waals surface area contributed by atoms with Crippen molar-refractivity contribution in [1.82, 2.24) is 10.3 Å². The number of nitrogens with zero attached hydrogens (tertiary/aromatic N) is 2. The van der Waals surface area contributed by atoms with Crippen LogP contribution in [0.15, 0.2) is 35.8 Å². The highest BCUT2D eigenvalue weighted by Crippen LogP contribution is 2.26. The van der Waals surface area contributed by atoms with Gasteiger partial charge in [0.05, 0.1) is 5.56 Å². The minimum absolute atomic E-state index is 0.0938. The Kier molecular flexibility index (Phi) is 4.15. The van der Waals surface area contributed by atoms with E-state index < -0.39 is 5.82 Å². The van der Waals surface area contributed by atoms with Crippen molar-refractivity contribution >= 4 is 22.4 Å². The number of halogens is 1. The highest BCUT2D eigenvalue weighted by molar-refractivity contribution is 7.13. The zero-order valence-corrected chi connectivity index (χ0v) is 12.3. The minimum Gasteiger partial charge on any atom is -0.350 e. The van der Waals surface area contributed by atoms with Gasteiger partial charge in [0.15, 0.2) is 5.13 Å². The fourth-order valence-electron chi connectivity index (χ4n) is 2.61. The Morgan fingerprint density at radius 3 is 3.10 bits per heavy atom. The number of hydrogen-bond acceptors (Lipinski definition) is 4. The van der Waals surface area contributed by atoms with Gasteiger partial charge in [-0.05, 0) is 25.0 Å². The van der Waals surface area contributed by atoms with E-state index in [0.717, 1.165) is 24.5 Å². The van der Waals surface area contributed by atoms with Crippen LogP contribution in [0.2, 0.25) is 0 Å². The third kappa shape index (κ3) is 3.05. The molecule has 2 heterocycles. The van der Waals surface area contributed by atoms with Gasteiger partial charge >= 0.3 is 0 Å². The van der Waals surface area contributed by atoms with Gasteiger partial charge in [-0.1, -0.05) is 12.1 Å². The maximum Gasteiger partial charge on any atom is 0.254 e. The van der Waals surface area contributed by atoms with Crippen molar-refractivity contribution in [2.45, 2.75) is 18.9 Å². The summed E-state index contributed by atoms with van der Waals surface area (Å²) in [5, 5.41) is 5.76. The van der Waals surface area contributed by atoms with Crippen molar-refractivity contribution in [2.75, 3.05) is 18.0 Å². The first kappa shape index (κ1) is 14.0. The van der Waals surface area contributed by atoms with E-state index in [1.54, 1.807) is 29.7 Å². The van der Waals surface area contributed by atoms with Crippen LogP contribution in [0.3, 0.4) is 0 Å². The number of rotatable bonds is 4. The molecule has 1 N–H and O–H groups in total. The van der Waals surface area contributed by atoms with Gasteiger partial charge in [-0.2, -0.15) is 0 Å². The molecule has 0 saturated carbocycles. The third-order valence-electron chi connectivity index (χ3n) is 3.66. The highest BCUT2D eigenvalue weighted by atomic mass is 32.1. The van der Waals surface area contributed by atoms with E-state index in [2.05, 4.69) is 15.2 Å². The van der Waals surface area contributed by atoms with Crippen LogP contribution in [0.1, 0.15) is 23.2 Å². The van der Waals surface area contributed by atoms with Crippen LogP contribution in [0.4, 0.5) is 9.52 Å². The molecule has 21 heavy (non-hydrogen) atoms. The van der Waals surface area contributed by atoms with Crippen molar-refractivity contribution in [3.8, 4) is 0 Å². The quantitative estimate of drug-likeness (QED) is 0.944. The highest BCUT2D eigenvalue weighted by Gasteiger charge is 2.26. The summed E-state index contributed by atoms with van der Waals surface area (Å²) >= 11 is 1.60. The Labute approximate surface area is 126 Å². The molecule has 3 rings (SSSR count). The van der Waals surface area contributed by atoms with Gasteiger partial charge in [-0.3, -0.25) is 4.79 Å². The summed E-state index contributed by atoms with van der Waals surface area (Å²) in [5.41, 5.74) is 0.0938. The number of amides is 1. The topological polar surface area (TPSA) is 45.2 Å². The van der Waals surface area contributed by atoms with Crippen molar-refractivity contribution in [2.24, 2.45) is 0 Å². The molecule has 1 aromatic carbocycles. The van der Waals surface area contributed by atoms with Crippen LogP contribution < -0.4 is 10.2 Å². The molecule has 1 aromatic heterocycles. The van der Waals surface area contributed by atoms with Crippen molar-refractivity contribution < 1.29 is 9.18 Å². The van der Waals surface area contributed by atoms with E-state index in [-0.39, 0.29) is 17.5 Å². The number of carbonyl (C=O) groups is 1. The summed E-state index contributed by atoms with van der Waals surface area (Å²) in [6, 6.07) is 6.26. The van der Waals surface area contributed by atoms with Crippen molar-refractivity contribution in [3.05, 3.63) is 47.2 Å². The van der Waals surface area contributed by atoms with Crippen molar-refractivity contribution in [1.29, 1.82) is 0 Å². The molecule has 1 aliphatic rings. The molecule has 1 saturated heterocycles. The number of hydrogen-bond donors (Lipinski definition) is 1. The molecular weight excluding hydrogens is 289 g/mol. The minimum atomic E-state index is -0.488. The first-order chi connectivity index (χ1) is 10.3. The Morgan fingerprint density at radius 1 is 1.48 bits per heavy atom. The predicted molar refractivity (Wildman–Crippen MR) is 81.2 cm³/mol. The lowest BCUT2D eigenvalue weighted by molar-refractivity contribution is 0.0947. The average Bonchev–Trinajstić information content (AvgIpc) is 3.16. The summed E-state index contributed by atoms with van der Waals surface area (Å²) in [7, 11) is 0. The van der Waals surface area contributed by atoms with Gasteiger partial charge in [-0.15, -0.1) is 11.3 Å². The average molecular weight is 305 g/mol. The van der Waals surface area contributed by atoms with E-state index in [1.807, 2.05) is 5.38 Å². The van der Waals surface area contributed by atoms with E-state index >= 15 is 0 Å². The van der Waals surface area contributed by atoms with Gasteiger partial charge in [0.1, 0.15) is 5.82 Å². The van der Waals surface area contributed by atoms with E-state index in [4.69, 9.17) is 0 Å². The van der Waals surface area contributed by atoms with Crippen molar-refractivity contribution in [3.63, 3.8) is 0 Å². The number of anilines is 1. The molecule has 4 nitrogen and oxygen atoms in total. The lowest BCUT2D eigenvalue weighted by Gasteiger charge is -2.24. The van der Waals surface area contributed by atoms with Gasteiger partial charge in [0, 0.05) is 30.7 Å². The van der Waals surface area contributed by atoms with Crippen LogP contribution in [0, 0.1) is 5.82 Å². The molecule has 0 bridgehead atoms. The molecule has 1 aliphatic heterocycles. The molecule has 1 unspecified atom stereocenters. The fourth-order valence-corrected chi connectivity index (χ4v) is 3.35. The van der Waals surface area contributed by atoms with Crippen LogP contribution >= 0.6 is 11.3 Å². The molecule has 110 valence electrons. The van der Waals surface area contributed by atoms with Gasteiger partial charge in [0.2, 0.25) is 0 Å². The first-order valence-electron chi connectivity index (χ1n) is 6.94. The second kappa shape index (κ2) is 6.22. The maximum atomic E-state index is 13.6. The van der Waals surface area contributed by atoms with E-state index in [9.17, 15) is 9.18 Å². The number of aromatic nitrogens is 1. The Balaban J connectivity index is 1.62. The third-order valence-corrected chi connectivity index (χ3v) is 4.47. The Morgan fingerprint density at radius 2 is 2.33 bits per heavy atom. The lowest BCUT2D eigenvalue weighted by atomic mass is 10.2. The van der Waals surface area contributed by atoms with Gasteiger partial charge < -0.3 is 10.2 Å². The zero-order chi connectivity index (χ0) is 14.7. The second-order valence-electron chi connectivity index (χ2n) is 4.99. The summed E-state index contributed by atoms with van der Waals surface area (Å²) in [6.45, 7) is 1.46. The Hall–Kier alpha value is -1.95. The fraction of sp³-hybridized carbons (Fsp3) is 0.333. The molecule has 1 atom stereocenters. The number of thiazole rings is 1.